The zero-order valence-corrected chi connectivity index (χ0v) is 23.3. The standard InChI is InChI=1S/C37H28N4/c1-23-16-18-33-28(20-23)30-22-31-29-21-24(2)17-19-34(29)41(37(31)39-36(30)40(33)26-11-5-4-6-12-26)35-15-9-14-32(38-35)27-13-8-7-10-25(27)3/h4-22H,1-3H3. The fourth-order valence-electron chi connectivity index (χ4n) is 6.21. The number of aryl methyl sites for hydroxylation is 3. The Labute approximate surface area is 238 Å². The average molecular weight is 529 g/mol. The number of benzene rings is 4. The van der Waals surface area contributed by atoms with E-state index in [4.69, 9.17) is 9.97 Å². The SMILES string of the molecule is Cc1ccc2c(c1)c1cc3c4cc(C)ccc4n(-c4cccc(-c5ccccc5C)n4)c3nc1n2-c1ccccc1. The summed E-state index contributed by atoms with van der Waals surface area (Å²) < 4.78 is 4.51. The zero-order valence-electron chi connectivity index (χ0n) is 23.3. The molecule has 4 heterocycles. The molecule has 4 aromatic heterocycles. The molecule has 0 aliphatic rings. The van der Waals surface area contributed by atoms with Gasteiger partial charge in [0.05, 0.1) is 16.7 Å². The molecule has 0 aliphatic carbocycles. The molecule has 41 heavy (non-hydrogen) atoms. The fraction of sp³-hybridized carbons (Fsp3) is 0.0811. The van der Waals surface area contributed by atoms with E-state index in [9.17, 15) is 0 Å². The number of nitrogens with zero attached hydrogens (tertiary/aromatic N) is 4. The molecule has 0 radical (unpaired) electrons. The van der Waals surface area contributed by atoms with E-state index >= 15 is 0 Å². The Morgan fingerprint density at radius 1 is 0.488 bits per heavy atom. The lowest BCUT2D eigenvalue weighted by atomic mass is 10.1. The summed E-state index contributed by atoms with van der Waals surface area (Å²) in [5.74, 6) is 0.861. The molecule has 0 bridgehead atoms. The Bertz CT molecular complexity index is 2290. The van der Waals surface area contributed by atoms with E-state index in [0.29, 0.717) is 0 Å². The van der Waals surface area contributed by atoms with Gasteiger partial charge in [-0.1, -0.05) is 71.8 Å². The number of fused-ring (bicyclic) bond motifs is 6. The molecule has 0 fully saturated rings. The van der Waals surface area contributed by atoms with Gasteiger partial charge in [-0.3, -0.25) is 9.13 Å². The Morgan fingerprint density at radius 3 is 1.83 bits per heavy atom. The van der Waals surface area contributed by atoms with Crippen molar-refractivity contribution in [2.24, 2.45) is 0 Å². The van der Waals surface area contributed by atoms with Gasteiger partial charge in [-0.25, -0.2) is 9.97 Å². The molecule has 0 aliphatic heterocycles. The van der Waals surface area contributed by atoms with Crippen LogP contribution in [-0.4, -0.2) is 19.1 Å². The normalized spacial score (nSPS) is 11.8. The highest BCUT2D eigenvalue weighted by atomic mass is 15.1. The van der Waals surface area contributed by atoms with Gasteiger partial charge in [-0.2, -0.15) is 0 Å². The van der Waals surface area contributed by atoms with Gasteiger partial charge in [-0.05, 0) is 80.9 Å². The summed E-state index contributed by atoms with van der Waals surface area (Å²) in [6.07, 6.45) is 0. The first-order chi connectivity index (χ1) is 20.1. The third-order valence-electron chi connectivity index (χ3n) is 8.17. The number of rotatable bonds is 3. The van der Waals surface area contributed by atoms with Gasteiger partial charge in [0.1, 0.15) is 17.1 Å². The van der Waals surface area contributed by atoms with Gasteiger partial charge in [0, 0.05) is 32.8 Å². The summed E-state index contributed by atoms with van der Waals surface area (Å²) in [5, 5.41) is 4.69. The molecule has 0 N–H and O–H groups in total. The van der Waals surface area contributed by atoms with Crippen molar-refractivity contribution in [1.82, 2.24) is 19.1 Å². The highest BCUT2D eigenvalue weighted by molar-refractivity contribution is 6.16. The van der Waals surface area contributed by atoms with Crippen molar-refractivity contribution in [2.75, 3.05) is 0 Å². The van der Waals surface area contributed by atoms with Crippen molar-refractivity contribution in [3.8, 4) is 22.8 Å². The molecular formula is C37H28N4. The van der Waals surface area contributed by atoms with E-state index in [1.807, 2.05) is 0 Å². The van der Waals surface area contributed by atoms with Crippen molar-refractivity contribution in [3.05, 3.63) is 132 Å². The van der Waals surface area contributed by atoms with Crippen LogP contribution in [0.4, 0.5) is 0 Å². The van der Waals surface area contributed by atoms with E-state index in [0.717, 1.165) is 55.9 Å². The number of para-hydroxylation sites is 1. The maximum Gasteiger partial charge on any atom is 0.149 e. The van der Waals surface area contributed by atoms with Gasteiger partial charge in [0.25, 0.3) is 0 Å². The molecule has 4 heteroatoms. The molecule has 4 aromatic carbocycles. The molecule has 0 saturated carbocycles. The minimum Gasteiger partial charge on any atom is -0.294 e. The molecule has 0 saturated heterocycles. The quantitative estimate of drug-likeness (QED) is 0.229. The van der Waals surface area contributed by atoms with E-state index < -0.39 is 0 Å². The van der Waals surface area contributed by atoms with E-state index in [1.165, 1.54) is 27.5 Å². The first-order valence-electron chi connectivity index (χ1n) is 14.0. The first-order valence-corrected chi connectivity index (χ1v) is 14.0. The smallest absolute Gasteiger partial charge is 0.149 e. The minimum absolute atomic E-state index is 0.861. The molecule has 196 valence electrons. The predicted octanol–water partition coefficient (Wildman–Crippen LogP) is 9.26. The molecule has 0 amide bonds. The second-order valence-electron chi connectivity index (χ2n) is 11.0. The molecule has 0 atom stereocenters. The van der Waals surface area contributed by atoms with Crippen molar-refractivity contribution in [1.29, 1.82) is 0 Å². The van der Waals surface area contributed by atoms with Gasteiger partial charge >= 0.3 is 0 Å². The lowest BCUT2D eigenvalue weighted by molar-refractivity contribution is 1.05. The van der Waals surface area contributed by atoms with Crippen molar-refractivity contribution in [3.63, 3.8) is 0 Å². The van der Waals surface area contributed by atoms with Gasteiger partial charge in [0.15, 0.2) is 0 Å². The predicted molar refractivity (Wildman–Crippen MR) is 170 cm³/mol. The van der Waals surface area contributed by atoms with Crippen LogP contribution in [0.3, 0.4) is 0 Å². The summed E-state index contributed by atoms with van der Waals surface area (Å²) in [6, 6.07) is 40.9. The maximum absolute atomic E-state index is 5.47. The van der Waals surface area contributed by atoms with Crippen LogP contribution in [-0.2, 0) is 0 Å². The number of hydrogen-bond donors (Lipinski definition) is 0. The zero-order chi connectivity index (χ0) is 27.7. The summed E-state index contributed by atoms with van der Waals surface area (Å²) in [6.45, 7) is 6.44. The molecule has 0 spiro atoms. The van der Waals surface area contributed by atoms with Crippen molar-refractivity contribution in [2.45, 2.75) is 20.8 Å². The minimum atomic E-state index is 0.861. The van der Waals surface area contributed by atoms with Crippen LogP contribution < -0.4 is 0 Å². The summed E-state index contributed by atoms with van der Waals surface area (Å²) in [7, 11) is 0. The third kappa shape index (κ3) is 3.61. The highest BCUT2D eigenvalue weighted by Gasteiger charge is 2.20. The lowest BCUT2D eigenvalue weighted by Gasteiger charge is -2.11. The molecular weight excluding hydrogens is 500 g/mol. The number of pyridine rings is 2. The number of hydrogen-bond acceptors (Lipinski definition) is 2. The van der Waals surface area contributed by atoms with Crippen molar-refractivity contribution >= 4 is 43.9 Å². The fourth-order valence-corrected chi connectivity index (χ4v) is 6.21. The second kappa shape index (κ2) is 8.90. The molecule has 0 unspecified atom stereocenters. The molecule has 4 nitrogen and oxygen atoms in total. The van der Waals surface area contributed by atoms with Crippen LogP contribution in [0, 0.1) is 20.8 Å². The Hall–Kier alpha value is -5.22. The van der Waals surface area contributed by atoms with Crippen LogP contribution in [0.5, 0.6) is 0 Å². The molecule has 8 rings (SSSR count). The first kappa shape index (κ1) is 23.6. The van der Waals surface area contributed by atoms with E-state index in [1.54, 1.807) is 0 Å². The van der Waals surface area contributed by atoms with Gasteiger partial charge < -0.3 is 0 Å². The largest absolute Gasteiger partial charge is 0.294 e. The summed E-state index contributed by atoms with van der Waals surface area (Å²) in [5.41, 5.74) is 11.0. The maximum atomic E-state index is 5.47. The summed E-state index contributed by atoms with van der Waals surface area (Å²) in [4.78, 5) is 10.7. The lowest BCUT2D eigenvalue weighted by Crippen LogP contribution is -2.01. The van der Waals surface area contributed by atoms with Crippen LogP contribution in [0.25, 0.3) is 66.6 Å². The van der Waals surface area contributed by atoms with E-state index in [2.05, 4.69) is 145 Å². The van der Waals surface area contributed by atoms with Crippen LogP contribution in [0.15, 0.2) is 115 Å². The van der Waals surface area contributed by atoms with Gasteiger partial charge in [0.2, 0.25) is 0 Å². The Morgan fingerprint density at radius 2 is 1.12 bits per heavy atom. The van der Waals surface area contributed by atoms with Crippen molar-refractivity contribution < 1.29 is 0 Å². The van der Waals surface area contributed by atoms with Crippen LogP contribution in [0.2, 0.25) is 0 Å². The highest BCUT2D eigenvalue weighted by Crippen LogP contribution is 2.38. The summed E-state index contributed by atoms with van der Waals surface area (Å²) >= 11 is 0. The average Bonchev–Trinajstić information content (AvgIpc) is 3.48. The Balaban J connectivity index is 1.51. The van der Waals surface area contributed by atoms with Crippen LogP contribution >= 0.6 is 0 Å². The topological polar surface area (TPSA) is 35.6 Å². The molecule has 8 aromatic rings. The van der Waals surface area contributed by atoms with E-state index in [-0.39, 0.29) is 0 Å². The second-order valence-corrected chi connectivity index (χ2v) is 11.0. The Kier molecular flexibility index (Phi) is 5.13. The monoisotopic (exact) mass is 528 g/mol. The third-order valence-corrected chi connectivity index (χ3v) is 8.17. The number of aromatic nitrogens is 4. The van der Waals surface area contributed by atoms with Gasteiger partial charge in [-0.15, -0.1) is 0 Å². The van der Waals surface area contributed by atoms with Crippen LogP contribution in [0.1, 0.15) is 16.7 Å².